The van der Waals surface area contributed by atoms with Crippen LogP contribution in [0.4, 0.5) is 0 Å². The summed E-state index contributed by atoms with van der Waals surface area (Å²) in [7, 11) is 0. The number of aryl methyl sites for hydroxylation is 3. The molecule has 0 saturated carbocycles. The molecule has 0 spiro atoms. The summed E-state index contributed by atoms with van der Waals surface area (Å²) in [5, 5.41) is 0. The largest absolute Gasteiger partial charge is 0.300 e. The molecule has 0 aliphatic rings. The van der Waals surface area contributed by atoms with Crippen molar-refractivity contribution < 1.29 is 4.79 Å². The Bertz CT molecular complexity index is 298. The first-order valence-electron chi connectivity index (χ1n) is 4.51. The minimum atomic E-state index is 0.243. The number of aromatic nitrogens is 1. The lowest BCUT2D eigenvalue weighted by Gasteiger charge is -2.02. The van der Waals surface area contributed by atoms with Crippen LogP contribution in [0.15, 0.2) is 12.1 Å². The Labute approximate surface area is 79.0 Å². The molecule has 0 atom stereocenters. The van der Waals surface area contributed by atoms with Crippen molar-refractivity contribution in [3.05, 3.63) is 29.1 Å². The summed E-state index contributed by atoms with van der Waals surface area (Å²) in [5.74, 6) is 0.243. The van der Waals surface area contributed by atoms with Crippen molar-refractivity contribution in [3.8, 4) is 0 Å². The number of Topliss-reactive ketones (excluding diaryl/α,β-unsaturated/α-hetero) is 1. The molecule has 1 aromatic heterocycles. The van der Waals surface area contributed by atoms with E-state index in [4.69, 9.17) is 0 Å². The van der Waals surface area contributed by atoms with Gasteiger partial charge in [-0.1, -0.05) is 0 Å². The highest BCUT2D eigenvalue weighted by atomic mass is 16.1. The number of hydrogen-bond donors (Lipinski definition) is 0. The van der Waals surface area contributed by atoms with Crippen LogP contribution in [-0.4, -0.2) is 10.8 Å². The molecule has 0 saturated heterocycles. The first kappa shape index (κ1) is 9.90. The number of carbonyl (C=O) groups is 1. The van der Waals surface area contributed by atoms with E-state index in [0.717, 1.165) is 17.8 Å². The maximum absolute atomic E-state index is 10.8. The van der Waals surface area contributed by atoms with Gasteiger partial charge in [0, 0.05) is 17.8 Å². The molecule has 0 aliphatic heterocycles. The van der Waals surface area contributed by atoms with Gasteiger partial charge in [0.15, 0.2) is 0 Å². The highest BCUT2D eigenvalue weighted by Crippen LogP contribution is 2.07. The summed E-state index contributed by atoms with van der Waals surface area (Å²) in [6.07, 6.45) is 1.46. The minimum Gasteiger partial charge on any atom is -0.300 e. The van der Waals surface area contributed by atoms with E-state index < -0.39 is 0 Å². The lowest BCUT2D eigenvalue weighted by Crippen LogP contribution is -1.96. The fraction of sp³-hybridized carbons (Fsp3) is 0.455. The third-order valence-corrected chi connectivity index (χ3v) is 1.91. The zero-order chi connectivity index (χ0) is 9.84. The van der Waals surface area contributed by atoms with E-state index >= 15 is 0 Å². The fourth-order valence-corrected chi connectivity index (χ4v) is 1.39. The van der Waals surface area contributed by atoms with Gasteiger partial charge in [-0.15, -0.1) is 0 Å². The number of hydrogen-bond acceptors (Lipinski definition) is 2. The molecular weight excluding hydrogens is 162 g/mol. The van der Waals surface area contributed by atoms with Gasteiger partial charge in [0.1, 0.15) is 5.78 Å². The zero-order valence-electron chi connectivity index (χ0n) is 8.42. The van der Waals surface area contributed by atoms with E-state index in [-0.39, 0.29) is 5.78 Å². The highest BCUT2D eigenvalue weighted by Gasteiger charge is 1.99. The summed E-state index contributed by atoms with van der Waals surface area (Å²) in [4.78, 5) is 15.0. The van der Waals surface area contributed by atoms with Gasteiger partial charge in [0.2, 0.25) is 0 Å². The molecule has 1 rings (SSSR count). The molecule has 0 N–H and O–H groups in total. The predicted octanol–water partition coefficient (Wildman–Crippen LogP) is 2.22. The number of ketones is 1. The van der Waals surface area contributed by atoms with Gasteiger partial charge in [-0.2, -0.15) is 0 Å². The molecule has 1 heterocycles. The Hall–Kier alpha value is -1.18. The molecule has 2 heteroatoms. The average Bonchev–Trinajstić information content (AvgIpc) is 1.99. The minimum absolute atomic E-state index is 0.243. The summed E-state index contributed by atoms with van der Waals surface area (Å²) < 4.78 is 0. The third kappa shape index (κ3) is 3.36. The Kier molecular flexibility index (Phi) is 3.18. The van der Waals surface area contributed by atoms with Crippen LogP contribution in [-0.2, 0) is 11.2 Å². The van der Waals surface area contributed by atoms with E-state index in [1.54, 1.807) is 6.92 Å². The van der Waals surface area contributed by atoms with Crippen LogP contribution in [0.3, 0.4) is 0 Å². The van der Waals surface area contributed by atoms with Gasteiger partial charge in [-0.3, -0.25) is 4.98 Å². The van der Waals surface area contributed by atoms with Crippen LogP contribution in [0.2, 0.25) is 0 Å². The maximum atomic E-state index is 10.8. The molecule has 0 bridgehead atoms. The lowest BCUT2D eigenvalue weighted by atomic mass is 10.1. The number of pyridine rings is 1. The molecule has 0 aromatic carbocycles. The third-order valence-electron chi connectivity index (χ3n) is 1.91. The van der Waals surface area contributed by atoms with E-state index in [9.17, 15) is 4.79 Å². The van der Waals surface area contributed by atoms with Crippen molar-refractivity contribution in [2.24, 2.45) is 0 Å². The van der Waals surface area contributed by atoms with E-state index in [0.29, 0.717) is 6.42 Å². The summed E-state index contributed by atoms with van der Waals surface area (Å²) in [6, 6.07) is 4.08. The summed E-state index contributed by atoms with van der Waals surface area (Å²) in [6.45, 7) is 5.58. The molecular formula is C11H15NO. The van der Waals surface area contributed by atoms with E-state index in [1.807, 2.05) is 26.0 Å². The van der Waals surface area contributed by atoms with E-state index in [2.05, 4.69) is 4.98 Å². The van der Waals surface area contributed by atoms with Crippen molar-refractivity contribution in [2.75, 3.05) is 0 Å². The first-order chi connectivity index (χ1) is 6.08. The molecule has 0 amide bonds. The molecule has 13 heavy (non-hydrogen) atoms. The van der Waals surface area contributed by atoms with Crippen LogP contribution in [0.5, 0.6) is 0 Å². The summed E-state index contributed by atoms with van der Waals surface area (Å²) in [5.41, 5.74) is 3.26. The number of carbonyl (C=O) groups excluding carboxylic acids is 1. The van der Waals surface area contributed by atoms with Crippen LogP contribution >= 0.6 is 0 Å². The maximum Gasteiger partial charge on any atom is 0.130 e. The van der Waals surface area contributed by atoms with Crippen molar-refractivity contribution in [1.82, 2.24) is 4.98 Å². The Morgan fingerprint density at radius 3 is 2.31 bits per heavy atom. The second kappa shape index (κ2) is 4.17. The van der Waals surface area contributed by atoms with E-state index in [1.165, 1.54) is 5.56 Å². The molecule has 70 valence electrons. The average molecular weight is 177 g/mol. The van der Waals surface area contributed by atoms with Gasteiger partial charge in [-0.05, 0) is 44.9 Å². The molecule has 1 aromatic rings. The van der Waals surface area contributed by atoms with Gasteiger partial charge in [0.25, 0.3) is 0 Å². The van der Waals surface area contributed by atoms with Crippen molar-refractivity contribution in [2.45, 2.75) is 33.6 Å². The predicted molar refractivity (Wildman–Crippen MR) is 52.7 cm³/mol. The van der Waals surface area contributed by atoms with Gasteiger partial charge >= 0.3 is 0 Å². The molecule has 0 radical (unpaired) electrons. The lowest BCUT2D eigenvalue weighted by molar-refractivity contribution is -0.116. The van der Waals surface area contributed by atoms with Gasteiger partial charge < -0.3 is 4.79 Å². The Morgan fingerprint density at radius 2 is 1.85 bits per heavy atom. The van der Waals surface area contributed by atoms with Crippen LogP contribution in [0, 0.1) is 13.8 Å². The van der Waals surface area contributed by atoms with Crippen molar-refractivity contribution in [1.29, 1.82) is 0 Å². The van der Waals surface area contributed by atoms with Crippen LogP contribution < -0.4 is 0 Å². The smallest absolute Gasteiger partial charge is 0.130 e. The molecule has 0 aliphatic carbocycles. The standard InChI is InChI=1S/C11H15NO/c1-8-6-11(5-4-10(3)13)7-9(2)12-8/h6-7H,4-5H2,1-3H3. The van der Waals surface area contributed by atoms with Crippen molar-refractivity contribution in [3.63, 3.8) is 0 Å². The monoisotopic (exact) mass is 177 g/mol. The van der Waals surface area contributed by atoms with Gasteiger partial charge in [-0.25, -0.2) is 0 Å². The van der Waals surface area contributed by atoms with Gasteiger partial charge in [0.05, 0.1) is 0 Å². The zero-order valence-corrected chi connectivity index (χ0v) is 8.42. The van der Waals surface area contributed by atoms with Crippen LogP contribution in [0.25, 0.3) is 0 Å². The van der Waals surface area contributed by atoms with Crippen molar-refractivity contribution >= 4 is 5.78 Å². The number of rotatable bonds is 3. The fourth-order valence-electron chi connectivity index (χ4n) is 1.39. The molecule has 0 unspecified atom stereocenters. The SMILES string of the molecule is CC(=O)CCc1cc(C)nc(C)c1. The molecule has 2 nitrogen and oxygen atoms in total. The summed E-state index contributed by atoms with van der Waals surface area (Å²) >= 11 is 0. The topological polar surface area (TPSA) is 30.0 Å². The highest BCUT2D eigenvalue weighted by molar-refractivity contribution is 5.75. The molecule has 0 fully saturated rings. The Morgan fingerprint density at radius 1 is 1.31 bits per heavy atom. The normalized spacial score (nSPS) is 10.1. The second-order valence-electron chi connectivity index (χ2n) is 3.46. The number of nitrogens with zero attached hydrogens (tertiary/aromatic N) is 1. The second-order valence-corrected chi connectivity index (χ2v) is 3.46. The van der Waals surface area contributed by atoms with Crippen LogP contribution in [0.1, 0.15) is 30.3 Å². The first-order valence-corrected chi connectivity index (χ1v) is 4.51. The Balaban J connectivity index is 2.71. The quantitative estimate of drug-likeness (QED) is 0.708.